The van der Waals surface area contributed by atoms with Crippen molar-refractivity contribution in [1.29, 1.82) is 0 Å². The Hall–Kier alpha value is -2.60. The van der Waals surface area contributed by atoms with E-state index < -0.39 is 0 Å². The third kappa shape index (κ3) is 3.24. The van der Waals surface area contributed by atoms with Crippen LogP contribution in [0.25, 0.3) is 10.1 Å². The molecule has 0 aliphatic carbocycles. The molecule has 0 saturated carbocycles. The lowest BCUT2D eigenvalue weighted by Gasteiger charge is -2.35. The number of aromatic nitrogens is 1. The zero-order valence-corrected chi connectivity index (χ0v) is 15.8. The molecule has 0 unspecified atom stereocenters. The topological polar surface area (TPSA) is 48.5 Å². The third-order valence-corrected chi connectivity index (χ3v) is 5.80. The van der Waals surface area contributed by atoms with E-state index in [9.17, 15) is 4.79 Å². The van der Waals surface area contributed by atoms with Gasteiger partial charge in [-0.25, -0.2) is 4.79 Å². The summed E-state index contributed by atoms with van der Waals surface area (Å²) < 4.78 is 5.83. The highest BCUT2D eigenvalue weighted by atomic mass is 32.1. The average molecular weight is 366 g/mol. The highest BCUT2D eigenvalue weighted by Gasteiger charge is 2.23. The number of nitrogens with zero attached hydrogens (tertiary/aromatic N) is 3. The molecule has 1 fully saturated rings. The minimum absolute atomic E-state index is 0.0314. The number of nitrogens with one attached hydrogen (secondary N) is 1. The smallest absolute Gasteiger partial charge is 0.321 e. The Bertz CT molecular complexity index is 944. The van der Waals surface area contributed by atoms with E-state index in [1.165, 1.54) is 32.7 Å². The molecule has 0 atom stereocenters. The normalized spacial score (nSPS) is 14.7. The van der Waals surface area contributed by atoms with Gasteiger partial charge in [-0.3, -0.25) is 0 Å². The molecular formula is C20H22N4OS. The molecule has 2 amide bonds. The molecule has 1 aromatic heterocycles. The van der Waals surface area contributed by atoms with Crippen LogP contribution in [0, 0.1) is 13.8 Å². The molecule has 2 aromatic carbocycles. The fourth-order valence-corrected chi connectivity index (χ4v) is 4.04. The van der Waals surface area contributed by atoms with Gasteiger partial charge in [0, 0.05) is 37.3 Å². The lowest BCUT2D eigenvalue weighted by molar-refractivity contribution is 0.208. The van der Waals surface area contributed by atoms with E-state index in [2.05, 4.69) is 40.6 Å². The summed E-state index contributed by atoms with van der Waals surface area (Å²) in [5.41, 5.74) is 3.26. The number of anilines is 2. The van der Waals surface area contributed by atoms with Crippen LogP contribution in [0.2, 0.25) is 0 Å². The summed E-state index contributed by atoms with van der Waals surface area (Å²) in [4.78, 5) is 16.7. The van der Waals surface area contributed by atoms with Crippen LogP contribution >= 0.6 is 11.5 Å². The second-order valence-electron chi connectivity index (χ2n) is 6.71. The van der Waals surface area contributed by atoms with Crippen molar-refractivity contribution in [3.05, 3.63) is 53.6 Å². The number of aryl methyl sites for hydroxylation is 2. The largest absolute Gasteiger partial charge is 0.352 e. The molecule has 1 saturated heterocycles. The molecule has 134 valence electrons. The maximum Gasteiger partial charge on any atom is 0.321 e. The van der Waals surface area contributed by atoms with Crippen molar-refractivity contribution in [3.8, 4) is 0 Å². The zero-order valence-electron chi connectivity index (χ0n) is 15.0. The van der Waals surface area contributed by atoms with Crippen molar-refractivity contribution in [2.45, 2.75) is 13.8 Å². The fourth-order valence-electron chi connectivity index (χ4n) is 3.24. The van der Waals surface area contributed by atoms with Crippen LogP contribution in [-0.4, -0.2) is 41.5 Å². The minimum atomic E-state index is -0.0314. The molecule has 26 heavy (non-hydrogen) atoms. The number of fused-ring (bicyclic) bond motifs is 1. The number of hydrogen-bond acceptors (Lipinski definition) is 4. The number of hydrogen-bond donors (Lipinski definition) is 1. The van der Waals surface area contributed by atoms with Crippen LogP contribution in [0.5, 0.6) is 0 Å². The van der Waals surface area contributed by atoms with Gasteiger partial charge in [-0.05, 0) is 60.8 Å². The molecule has 0 radical (unpaired) electrons. The molecule has 1 N–H and O–H groups in total. The predicted octanol–water partition coefficient (Wildman–Crippen LogP) is 4.27. The van der Waals surface area contributed by atoms with Gasteiger partial charge in [0.15, 0.2) is 0 Å². The van der Waals surface area contributed by atoms with E-state index in [1.807, 2.05) is 35.2 Å². The molecule has 0 bridgehead atoms. The molecule has 6 heteroatoms. The van der Waals surface area contributed by atoms with Crippen molar-refractivity contribution in [3.63, 3.8) is 0 Å². The van der Waals surface area contributed by atoms with Crippen LogP contribution in [0.15, 0.2) is 42.5 Å². The van der Waals surface area contributed by atoms with E-state index >= 15 is 0 Å². The molecule has 4 rings (SSSR count). The number of urea groups is 1. The maximum atomic E-state index is 12.6. The highest BCUT2D eigenvalue weighted by Crippen LogP contribution is 2.29. The summed E-state index contributed by atoms with van der Waals surface area (Å²) >= 11 is 1.53. The van der Waals surface area contributed by atoms with Gasteiger partial charge in [0.25, 0.3) is 0 Å². The van der Waals surface area contributed by atoms with Crippen molar-refractivity contribution < 1.29 is 4.79 Å². The fraction of sp³-hybridized carbons (Fsp3) is 0.300. The van der Waals surface area contributed by atoms with Gasteiger partial charge in [-0.2, -0.15) is 4.37 Å². The predicted molar refractivity (Wildman–Crippen MR) is 108 cm³/mol. The summed E-state index contributed by atoms with van der Waals surface area (Å²) in [5.74, 6) is 1.04. The van der Waals surface area contributed by atoms with Crippen molar-refractivity contribution in [2.75, 3.05) is 36.4 Å². The monoisotopic (exact) mass is 366 g/mol. The van der Waals surface area contributed by atoms with E-state index in [-0.39, 0.29) is 6.03 Å². The van der Waals surface area contributed by atoms with Crippen LogP contribution in [-0.2, 0) is 0 Å². The lowest BCUT2D eigenvalue weighted by Crippen LogP contribution is -2.50. The number of rotatable bonds is 2. The van der Waals surface area contributed by atoms with Crippen LogP contribution < -0.4 is 10.2 Å². The first kappa shape index (κ1) is 16.8. The van der Waals surface area contributed by atoms with Gasteiger partial charge >= 0.3 is 6.03 Å². The van der Waals surface area contributed by atoms with Gasteiger partial charge in [0.05, 0.1) is 4.70 Å². The number of carbonyl (C=O) groups is 1. The Morgan fingerprint density at radius 3 is 2.58 bits per heavy atom. The highest BCUT2D eigenvalue weighted by molar-refractivity contribution is 7.13. The number of piperazine rings is 1. The third-order valence-electron chi connectivity index (χ3n) is 4.98. The van der Waals surface area contributed by atoms with Gasteiger partial charge < -0.3 is 15.1 Å². The Labute approximate surface area is 157 Å². The first-order valence-electron chi connectivity index (χ1n) is 8.84. The maximum absolute atomic E-state index is 12.6. The van der Waals surface area contributed by atoms with Crippen molar-refractivity contribution in [2.24, 2.45) is 0 Å². The lowest BCUT2D eigenvalue weighted by atomic mass is 10.1. The molecule has 2 heterocycles. The van der Waals surface area contributed by atoms with Gasteiger partial charge in [0.1, 0.15) is 5.82 Å². The number of carbonyl (C=O) groups excluding carboxylic acids is 1. The van der Waals surface area contributed by atoms with Crippen LogP contribution in [0.1, 0.15) is 11.1 Å². The summed E-state index contributed by atoms with van der Waals surface area (Å²) in [7, 11) is 0. The van der Waals surface area contributed by atoms with Crippen molar-refractivity contribution in [1.82, 2.24) is 9.27 Å². The average Bonchev–Trinajstić information content (AvgIpc) is 3.09. The van der Waals surface area contributed by atoms with E-state index in [1.54, 1.807) is 0 Å². The summed E-state index contributed by atoms with van der Waals surface area (Å²) in [6.07, 6.45) is 0. The number of benzene rings is 2. The summed E-state index contributed by atoms with van der Waals surface area (Å²) in [6.45, 7) is 7.12. The molecule has 1 aliphatic heterocycles. The Morgan fingerprint density at radius 2 is 1.81 bits per heavy atom. The second kappa shape index (κ2) is 6.96. The Balaban J connectivity index is 1.40. The van der Waals surface area contributed by atoms with Crippen molar-refractivity contribution >= 4 is 39.2 Å². The van der Waals surface area contributed by atoms with E-state index in [4.69, 9.17) is 0 Å². The van der Waals surface area contributed by atoms with Gasteiger partial charge in [-0.1, -0.05) is 18.2 Å². The quantitative estimate of drug-likeness (QED) is 0.737. The molecule has 0 spiro atoms. The number of amides is 2. The molecule has 3 aromatic rings. The molecule has 5 nitrogen and oxygen atoms in total. The second-order valence-corrected chi connectivity index (χ2v) is 7.51. The van der Waals surface area contributed by atoms with E-state index in [0.717, 1.165) is 24.6 Å². The van der Waals surface area contributed by atoms with Gasteiger partial charge in [-0.15, -0.1) is 0 Å². The standard InChI is InChI=1S/C20H22N4OS/c1-14-7-8-16(13-15(14)2)21-20(25)24-11-9-23(10-12-24)19-17-5-3-4-6-18(17)26-22-19/h3-8,13H,9-12H2,1-2H3,(H,21,25). The molecular weight excluding hydrogens is 344 g/mol. The van der Waals surface area contributed by atoms with Gasteiger partial charge in [0.2, 0.25) is 0 Å². The first-order chi connectivity index (χ1) is 12.6. The summed E-state index contributed by atoms with van der Waals surface area (Å²) in [6, 6.07) is 14.3. The van der Waals surface area contributed by atoms with E-state index in [0.29, 0.717) is 13.1 Å². The van der Waals surface area contributed by atoms with Crippen LogP contribution in [0.4, 0.5) is 16.3 Å². The SMILES string of the molecule is Cc1ccc(NC(=O)N2CCN(c3nsc4ccccc34)CC2)cc1C. The molecule has 1 aliphatic rings. The zero-order chi connectivity index (χ0) is 18.1. The minimum Gasteiger partial charge on any atom is -0.352 e. The Morgan fingerprint density at radius 1 is 1.04 bits per heavy atom. The van der Waals surface area contributed by atoms with Crippen LogP contribution in [0.3, 0.4) is 0 Å². The summed E-state index contributed by atoms with van der Waals surface area (Å²) in [5, 5.41) is 4.21. The first-order valence-corrected chi connectivity index (χ1v) is 9.62. The Kier molecular flexibility index (Phi) is 4.51.